The van der Waals surface area contributed by atoms with E-state index >= 15 is 0 Å². The normalized spacial score (nSPS) is 25.0. The number of urea groups is 1. The Balaban J connectivity index is 1.99. The van der Waals surface area contributed by atoms with Crippen LogP contribution in [0.2, 0.25) is 0 Å². The molecule has 0 radical (unpaired) electrons. The highest BCUT2D eigenvalue weighted by atomic mass is 16.3. The summed E-state index contributed by atoms with van der Waals surface area (Å²) in [5.74, 6) is 0.121. The Morgan fingerprint density at radius 2 is 1.77 bits per heavy atom. The monoisotopic (exact) mass is 368 g/mol. The third-order valence-corrected chi connectivity index (χ3v) is 5.73. The van der Waals surface area contributed by atoms with Gasteiger partial charge in [-0.05, 0) is 32.6 Å². The second kappa shape index (κ2) is 9.55. The molecule has 150 valence electrons. The molecule has 2 rings (SSSR count). The van der Waals surface area contributed by atoms with Gasteiger partial charge >= 0.3 is 6.03 Å². The van der Waals surface area contributed by atoms with Crippen molar-refractivity contribution in [2.75, 3.05) is 39.3 Å². The number of amides is 3. The third-order valence-electron chi connectivity index (χ3n) is 5.73. The number of carbonyl (C=O) groups is 2. The number of carbonyl (C=O) groups excluding carboxylic acids is 2. The summed E-state index contributed by atoms with van der Waals surface area (Å²) in [6, 6.07) is -0.375. The van der Waals surface area contributed by atoms with E-state index in [1.807, 2.05) is 16.7 Å². The van der Waals surface area contributed by atoms with E-state index in [4.69, 9.17) is 0 Å². The highest BCUT2D eigenvalue weighted by Gasteiger charge is 2.35. The van der Waals surface area contributed by atoms with Crippen LogP contribution in [-0.2, 0) is 4.79 Å². The van der Waals surface area contributed by atoms with Crippen molar-refractivity contribution in [2.24, 2.45) is 5.92 Å². The van der Waals surface area contributed by atoms with Gasteiger partial charge in [0.2, 0.25) is 5.91 Å². The van der Waals surface area contributed by atoms with Crippen molar-refractivity contribution in [3.8, 4) is 0 Å². The number of piperazine rings is 1. The van der Waals surface area contributed by atoms with Crippen molar-refractivity contribution in [1.82, 2.24) is 20.0 Å². The molecule has 0 unspecified atom stereocenters. The molecule has 0 spiro atoms. The SMILES string of the molecule is CC[C@H](C)[C@H](NC(=O)N1CCCC1)C(=O)N1CCN(C[C@@H](C)O)[C@@H](C)C1. The van der Waals surface area contributed by atoms with Crippen molar-refractivity contribution in [1.29, 1.82) is 0 Å². The minimum absolute atomic E-state index is 0.0236. The molecular formula is C19H36N4O3. The summed E-state index contributed by atoms with van der Waals surface area (Å²) in [5.41, 5.74) is 0. The van der Waals surface area contributed by atoms with Gasteiger partial charge < -0.3 is 20.2 Å². The lowest BCUT2D eigenvalue weighted by atomic mass is 9.97. The van der Waals surface area contributed by atoms with Gasteiger partial charge in [0, 0.05) is 45.3 Å². The fourth-order valence-electron chi connectivity index (χ4n) is 3.83. The van der Waals surface area contributed by atoms with Crippen LogP contribution in [-0.4, -0.2) is 89.2 Å². The molecule has 0 aromatic carbocycles. The van der Waals surface area contributed by atoms with Crippen molar-refractivity contribution < 1.29 is 14.7 Å². The van der Waals surface area contributed by atoms with E-state index in [9.17, 15) is 14.7 Å². The lowest BCUT2D eigenvalue weighted by Crippen LogP contribution is -2.60. The van der Waals surface area contributed by atoms with Crippen molar-refractivity contribution in [3.63, 3.8) is 0 Å². The molecule has 7 nitrogen and oxygen atoms in total. The van der Waals surface area contributed by atoms with Crippen molar-refractivity contribution in [3.05, 3.63) is 0 Å². The van der Waals surface area contributed by atoms with Crippen LogP contribution in [0.5, 0.6) is 0 Å². The number of hydrogen-bond acceptors (Lipinski definition) is 4. The predicted octanol–water partition coefficient (Wildman–Crippen LogP) is 1.12. The molecule has 2 saturated heterocycles. The van der Waals surface area contributed by atoms with E-state index in [0.717, 1.165) is 38.9 Å². The van der Waals surface area contributed by atoms with Crippen LogP contribution in [0, 0.1) is 5.92 Å². The van der Waals surface area contributed by atoms with Gasteiger partial charge in [-0.2, -0.15) is 0 Å². The van der Waals surface area contributed by atoms with Gasteiger partial charge in [0.1, 0.15) is 6.04 Å². The van der Waals surface area contributed by atoms with Gasteiger partial charge in [-0.1, -0.05) is 20.3 Å². The van der Waals surface area contributed by atoms with Crippen LogP contribution in [0.15, 0.2) is 0 Å². The quantitative estimate of drug-likeness (QED) is 0.737. The number of β-amino-alcohol motifs (C(OH)–C–C–N with tert-alkyl or cyclic N) is 1. The Kier molecular flexibility index (Phi) is 7.70. The topological polar surface area (TPSA) is 76.1 Å². The summed E-state index contributed by atoms with van der Waals surface area (Å²) in [4.78, 5) is 31.6. The number of rotatable bonds is 6. The molecule has 2 fully saturated rings. The largest absolute Gasteiger partial charge is 0.392 e. The first-order chi connectivity index (χ1) is 12.3. The van der Waals surface area contributed by atoms with Gasteiger partial charge in [0.25, 0.3) is 0 Å². The van der Waals surface area contributed by atoms with Gasteiger partial charge in [-0.25, -0.2) is 4.79 Å². The van der Waals surface area contributed by atoms with Crippen molar-refractivity contribution in [2.45, 2.75) is 65.1 Å². The first kappa shape index (κ1) is 21.0. The van der Waals surface area contributed by atoms with E-state index in [-0.39, 0.29) is 30.0 Å². The lowest BCUT2D eigenvalue weighted by molar-refractivity contribution is -0.137. The smallest absolute Gasteiger partial charge is 0.318 e. The third kappa shape index (κ3) is 5.33. The summed E-state index contributed by atoms with van der Waals surface area (Å²) in [6.07, 6.45) is 2.55. The molecule has 0 aliphatic carbocycles. The van der Waals surface area contributed by atoms with Gasteiger partial charge in [0.05, 0.1) is 6.10 Å². The summed E-state index contributed by atoms with van der Waals surface area (Å²) in [7, 11) is 0. The van der Waals surface area contributed by atoms with E-state index < -0.39 is 6.04 Å². The Labute approximate surface area is 157 Å². The molecule has 0 bridgehead atoms. The molecule has 2 aliphatic rings. The van der Waals surface area contributed by atoms with E-state index in [2.05, 4.69) is 24.1 Å². The maximum atomic E-state index is 13.1. The highest BCUT2D eigenvalue weighted by molar-refractivity contribution is 5.87. The maximum absolute atomic E-state index is 13.1. The molecule has 2 heterocycles. The number of hydrogen-bond donors (Lipinski definition) is 2. The summed E-state index contributed by atoms with van der Waals surface area (Å²) < 4.78 is 0. The van der Waals surface area contributed by atoms with Crippen LogP contribution in [0.4, 0.5) is 4.79 Å². The zero-order chi connectivity index (χ0) is 19.3. The highest BCUT2D eigenvalue weighted by Crippen LogP contribution is 2.17. The van der Waals surface area contributed by atoms with Crippen LogP contribution in [0.1, 0.15) is 47.0 Å². The molecule has 0 aromatic rings. The molecule has 0 saturated carbocycles. The van der Waals surface area contributed by atoms with Gasteiger partial charge in [-0.3, -0.25) is 9.69 Å². The van der Waals surface area contributed by atoms with Crippen LogP contribution >= 0.6 is 0 Å². The zero-order valence-corrected chi connectivity index (χ0v) is 16.8. The van der Waals surface area contributed by atoms with E-state index in [1.54, 1.807) is 6.92 Å². The number of nitrogens with zero attached hydrogens (tertiary/aromatic N) is 3. The molecule has 26 heavy (non-hydrogen) atoms. The first-order valence-electron chi connectivity index (χ1n) is 10.1. The second-order valence-corrected chi connectivity index (χ2v) is 7.98. The number of aliphatic hydroxyl groups is 1. The second-order valence-electron chi connectivity index (χ2n) is 7.98. The average molecular weight is 369 g/mol. The molecule has 2 N–H and O–H groups in total. The molecule has 2 aliphatic heterocycles. The zero-order valence-electron chi connectivity index (χ0n) is 16.8. The fourth-order valence-corrected chi connectivity index (χ4v) is 3.83. The Morgan fingerprint density at radius 3 is 2.31 bits per heavy atom. The number of nitrogens with one attached hydrogen (secondary N) is 1. The number of likely N-dealkylation sites (tertiary alicyclic amines) is 1. The van der Waals surface area contributed by atoms with Crippen molar-refractivity contribution >= 4 is 11.9 Å². The Bertz CT molecular complexity index is 479. The first-order valence-corrected chi connectivity index (χ1v) is 10.1. The molecule has 3 amide bonds. The minimum atomic E-state index is -0.469. The summed E-state index contributed by atoms with van der Waals surface area (Å²) >= 11 is 0. The fraction of sp³-hybridized carbons (Fsp3) is 0.895. The Morgan fingerprint density at radius 1 is 1.12 bits per heavy atom. The average Bonchev–Trinajstić information content (AvgIpc) is 3.14. The molecular weight excluding hydrogens is 332 g/mol. The summed E-state index contributed by atoms with van der Waals surface area (Å²) in [5, 5.41) is 12.6. The van der Waals surface area contributed by atoms with E-state index in [0.29, 0.717) is 19.6 Å². The molecule has 7 heteroatoms. The Hall–Kier alpha value is -1.34. The van der Waals surface area contributed by atoms with E-state index in [1.165, 1.54) is 0 Å². The maximum Gasteiger partial charge on any atom is 0.318 e. The minimum Gasteiger partial charge on any atom is -0.392 e. The standard InChI is InChI=1S/C19H36N4O3/c1-5-14(2)17(20-19(26)21-8-6-7-9-21)18(25)23-11-10-22(13-16(4)24)15(3)12-23/h14-17,24H,5-13H2,1-4H3,(H,20,26)/t14-,15-,16+,17-/m0/s1. The molecule has 0 aromatic heterocycles. The van der Waals surface area contributed by atoms with Crippen LogP contribution in [0.25, 0.3) is 0 Å². The molecule has 4 atom stereocenters. The summed E-state index contributed by atoms with van der Waals surface area (Å²) in [6.45, 7) is 12.2. The predicted molar refractivity (Wildman–Crippen MR) is 102 cm³/mol. The van der Waals surface area contributed by atoms with Crippen LogP contribution in [0.3, 0.4) is 0 Å². The van der Waals surface area contributed by atoms with Crippen LogP contribution < -0.4 is 5.32 Å². The van der Waals surface area contributed by atoms with Gasteiger partial charge in [-0.15, -0.1) is 0 Å². The number of aliphatic hydroxyl groups excluding tert-OH is 1. The van der Waals surface area contributed by atoms with Gasteiger partial charge in [0.15, 0.2) is 0 Å². The lowest BCUT2D eigenvalue weighted by Gasteiger charge is -2.42.